The summed E-state index contributed by atoms with van der Waals surface area (Å²) in [5, 5.41) is 33.0. The van der Waals surface area contributed by atoms with Crippen molar-refractivity contribution >= 4 is 48.1 Å². The minimum atomic E-state index is -1.18. The van der Waals surface area contributed by atoms with Gasteiger partial charge >= 0.3 is 18.2 Å². The number of nitrogens with zero attached hydrogens (tertiary/aromatic N) is 4. The quantitative estimate of drug-likeness (QED) is 0.0676. The number of likely N-dealkylation sites (tertiary alicyclic amines) is 2. The lowest BCUT2D eigenvalue weighted by molar-refractivity contribution is 0.0693. The van der Waals surface area contributed by atoms with Gasteiger partial charge in [0, 0.05) is 56.2 Å². The zero-order valence-electron chi connectivity index (χ0n) is 39.0. The number of rotatable bonds is 10. The number of carboxylic acids is 1. The standard InChI is InChI=1S/C26H28N4O4.C25H25N3O5.CH5N.CH4.ClH/c1-28-25(32)23-20(14-21(29-24(23)27)19-11-5-6-12-22(19)31)18-10-7-13-30(15-18)26(33)34-16-17-8-3-2-4-9-17;26-23-22(24(30)31)19(13-20(27-23)18-10-4-5-11-21(18)29)17-9-6-12-28(14-17)25(32)33-15-16-7-2-1-3-8-16;1-2;;/h2-6,8-9,11-12,14,18,31H,7,10,13,15-16H2,1H3,(H2,27,29)(H,28,32);1-5,7-8,10-11,13,17,29H,6,9,12,14-15H2,(H2,26,27)(H,30,31);2H2,1H3;1H4;1H. The number of carboxylic acid groups (broad SMARTS) is 1. The second kappa shape index (κ2) is 26.8. The molecule has 376 valence electrons. The van der Waals surface area contributed by atoms with Crippen LogP contribution in [0.25, 0.3) is 22.5 Å². The first-order chi connectivity index (χ1) is 33.4. The number of benzene rings is 4. The van der Waals surface area contributed by atoms with Gasteiger partial charge in [0.25, 0.3) is 5.91 Å². The Morgan fingerprint density at radius 2 is 1.01 bits per heavy atom. The lowest BCUT2D eigenvalue weighted by atomic mass is 9.86. The molecule has 2 unspecified atom stereocenters. The van der Waals surface area contributed by atoms with E-state index in [4.69, 9.17) is 20.9 Å². The van der Waals surface area contributed by atoms with E-state index in [1.54, 1.807) is 64.4 Å². The number of aromatic hydroxyl groups is 2. The van der Waals surface area contributed by atoms with Gasteiger partial charge < -0.3 is 57.1 Å². The molecule has 3 amide bonds. The molecule has 2 aliphatic heterocycles. The SMILES string of the molecule is C.CN.CNC(=O)c1c(C2CCCN(C(=O)OCc3ccccc3)C2)cc(-c2ccccc2O)nc1N.Cl.Nc1nc(-c2ccccc2O)cc(C2CCCN(C(=O)OCc3ccccc3)C2)c1C(=O)O. The fourth-order valence-electron chi connectivity index (χ4n) is 8.49. The third-order valence-electron chi connectivity index (χ3n) is 11.8. The normalized spacial score (nSPS) is 14.9. The van der Waals surface area contributed by atoms with Crippen molar-refractivity contribution in [1.29, 1.82) is 0 Å². The predicted molar refractivity (Wildman–Crippen MR) is 276 cm³/mol. The van der Waals surface area contributed by atoms with Crippen molar-refractivity contribution in [1.82, 2.24) is 25.1 Å². The summed E-state index contributed by atoms with van der Waals surface area (Å²) in [5.41, 5.74) is 21.8. The average molecular weight is 992 g/mol. The van der Waals surface area contributed by atoms with Crippen molar-refractivity contribution in [3.63, 3.8) is 0 Å². The van der Waals surface area contributed by atoms with Crippen LogP contribution in [-0.2, 0) is 22.7 Å². The molecule has 17 nitrogen and oxygen atoms in total. The lowest BCUT2D eigenvalue weighted by Gasteiger charge is -2.33. The monoisotopic (exact) mass is 990 g/mol. The summed E-state index contributed by atoms with van der Waals surface area (Å²) in [6.07, 6.45) is 2.08. The maximum Gasteiger partial charge on any atom is 0.410 e. The molecule has 2 saturated heterocycles. The molecule has 2 fully saturated rings. The summed E-state index contributed by atoms with van der Waals surface area (Å²) in [7, 11) is 3.04. The van der Waals surface area contributed by atoms with Gasteiger partial charge in [0.15, 0.2) is 0 Å². The summed E-state index contributed by atoms with van der Waals surface area (Å²) < 4.78 is 11.0. The predicted octanol–water partition coefficient (Wildman–Crippen LogP) is 8.80. The number of hydrogen-bond acceptors (Lipinski definition) is 13. The number of carbonyl (C=O) groups is 4. The van der Waals surface area contributed by atoms with E-state index >= 15 is 0 Å². The number of hydrogen-bond donors (Lipinski definition) is 7. The van der Waals surface area contributed by atoms with Crippen LogP contribution >= 0.6 is 12.4 Å². The first kappa shape index (κ1) is 55.7. The Morgan fingerprint density at radius 1 is 0.634 bits per heavy atom. The van der Waals surface area contributed by atoms with E-state index in [1.807, 2.05) is 60.7 Å². The summed E-state index contributed by atoms with van der Waals surface area (Å²) in [4.78, 5) is 62.1. The zero-order valence-corrected chi connectivity index (χ0v) is 39.8. The van der Waals surface area contributed by atoms with Gasteiger partial charge in [-0.15, -0.1) is 12.4 Å². The highest BCUT2D eigenvalue weighted by atomic mass is 35.5. The number of nitrogens with one attached hydrogen (secondary N) is 1. The van der Waals surface area contributed by atoms with Crippen molar-refractivity contribution in [2.75, 3.05) is 51.7 Å². The smallest absolute Gasteiger partial charge is 0.410 e. The van der Waals surface area contributed by atoms with Crippen LogP contribution in [0.15, 0.2) is 121 Å². The van der Waals surface area contributed by atoms with E-state index < -0.39 is 18.2 Å². The molecule has 4 aromatic carbocycles. The third kappa shape index (κ3) is 14.1. The summed E-state index contributed by atoms with van der Waals surface area (Å²) in [6, 6.07) is 35.9. The number of piperidine rings is 2. The molecule has 0 aliphatic carbocycles. The molecule has 2 atom stereocenters. The van der Waals surface area contributed by atoms with Crippen molar-refractivity contribution in [3.8, 4) is 34.0 Å². The summed E-state index contributed by atoms with van der Waals surface area (Å²) in [6.45, 7) is 2.16. The van der Waals surface area contributed by atoms with Gasteiger partial charge in [0.05, 0.1) is 17.0 Å². The number of phenols is 2. The topological polar surface area (TPSA) is 270 Å². The van der Waals surface area contributed by atoms with Crippen molar-refractivity contribution in [2.24, 2.45) is 5.73 Å². The second-order valence-electron chi connectivity index (χ2n) is 16.3. The Kier molecular flexibility index (Phi) is 21.0. The van der Waals surface area contributed by atoms with Crippen molar-refractivity contribution in [3.05, 3.63) is 155 Å². The van der Waals surface area contributed by atoms with Crippen LogP contribution in [0, 0.1) is 0 Å². The van der Waals surface area contributed by atoms with Gasteiger partial charge in [-0.3, -0.25) is 4.79 Å². The second-order valence-corrected chi connectivity index (χ2v) is 16.3. The molecule has 4 heterocycles. The molecule has 0 bridgehead atoms. The minimum absolute atomic E-state index is 0. The number of aromatic nitrogens is 2. The molecule has 2 aliphatic rings. The number of para-hydroxylation sites is 2. The fourth-order valence-corrected chi connectivity index (χ4v) is 8.49. The van der Waals surface area contributed by atoms with Gasteiger partial charge in [0.1, 0.15) is 41.9 Å². The largest absolute Gasteiger partial charge is 0.507 e. The Labute approximate surface area is 420 Å². The van der Waals surface area contributed by atoms with Crippen LogP contribution < -0.4 is 22.5 Å². The van der Waals surface area contributed by atoms with Crippen LogP contribution in [0.1, 0.15) is 87.9 Å². The molecule has 6 aromatic rings. The minimum Gasteiger partial charge on any atom is -0.507 e. The highest BCUT2D eigenvalue weighted by Crippen LogP contribution is 2.38. The van der Waals surface area contributed by atoms with Gasteiger partial charge in [-0.1, -0.05) is 92.4 Å². The number of aromatic carboxylic acids is 1. The molecule has 8 rings (SSSR count). The Balaban J connectivity index is 0.000000290. The van der Waals surface area contributed by atoms with Crippen LogP contribution in [0.4, 0.5) is 21.2 Å². The van der Waals surface area contributed by atoms with Gasteiger partial charge in [-0.05, 0) is 91.4 Å². The maximum atomic E-state index is 12.8. The number of carbonyl (C=O) groups excluding carboxylic acids is 3. The highest BCUT2D eigenvalue weighted by molar-refractivity contribution is 6.00. The highest BCUT2D eigenvalue weighted by Gasteiger charge is 2.32. The molecular weight excluding hydrogens is 928 g/mol. The molecule has 71 heavy (non-hydrogen) atoms. The lowest BCUT2D eigenvalue weighted by Crippen LogP contribution is -2.40. The molecule has 0 radical (unpaired) electrons. The van der Waals surface area contributed by atoms with Gasteiger partial charge in [-0.2, -0.15) is 0 Å². The van der Waals surface area contributed by atoms with E-state index in [0.29, 0.717) is 78.2 Å². The molecule has 2 aromatic heterocycles. The number of halogens is 1. The Bertz CT molecular complexity index is 2730. The Morgan fingerprint density at radius 3 is 1.41 bits per heavy atom. The number of pyridine rings is 2. The summed E-state index contributed by atoms with van der Waals surface area (Å²) in [5.74, 6) is -1.86. The molecule has 10 N–H and O–H groups in total. The number of nitrogen functional groups attached to an aromatic ring is 2. The average Bonchev–Trinajstić information content (AvgIpc) is 3.38. The van der Waals surface area contributed by atoms with Crippen LogP contribution in [0.3, 0.4) is 0 Å². The van der Waals surface area contributed by atoms with E-state index in [2.05, 4.69) is 21.0 Å². The molecular formula is C53H63ClN8O9. The Hall–Kier alpha value is -7.89. The number of anilines is 2. The van der Waals surface area contributed by atoms with E-state index in [1.165, 1.54) is 20.2 Å². The van der Waals surface area contributed by atoms with Crippen LogP contribution in [0.5, 0.6) is 11.5 Å². The molecule has 0 spiro atoms. The first-order valence-electron chi connectivity index (χ1n) is 22.5. The number of phenolic OH excluding ortho intramolecular Hbond substituents is 2. The molecule has 18 heteroatoms. The zero-order chi connectivity index (χ0) is 49.5. The van der Waals surface area contributed by atoms with E-state index in [0.717, 1.165) is 24.0 Å². The van der Waals surface area contributed by atoms with Crippen LogP contribution in [-0.4, -0.2) is 99.4 Å². The van der Waals surface area contributed by atoms with E-state index in [9.17, 15) is 34.5 Å². The van der Waals surface area contributed by atoms with Gasteiger partial charge in [-0.25, -0.2) is 24.4 Å². The van der Waals surface area contributed by atoms with Crippen LogP contribution in [0.2, 0.25) is 0 Å². The molecule has 0 saturated carbocycles. The number of amides is 3. The van der Waals surface area contributed by atoms with Gasteiger partial charge in [0.2, 0.25) is 0 Å². The third-order valence-corrected chi connectivity index (χ3v) is 11.8. The van der Waals surface area contributed by atoms with Crippen molar-refractivity contribution in [2.45, 2.75) is 58.2 Å². The number of nitrogens with two attached hydrogens (primary N) is 3. The fraction of sp³-hybridized carbons (Fsp3) is 0.283. The van der Waals surface area contributed by atoms with Crippen molar-refractivity contribution < 1.29 is 44.0 Å². The number of ether oxygens (including phenoxy) is 2. The maximum absolute atomic E-state index is 12.8. The van der Waals surface area contributed by atoms with E-state index in [-0.39, 0.29) is 79.5 Å². The first-order valence-corrected chi connectivity index (χ1v) is 22.5. The summed E-state index contributed by atoms with van der Waals surface area (Å²) >= 11 is 0.